The molecule has 2 rings (SSSR count). The van der Waals surface area contributed by atoms with Crippen molar-refractivity contribution in [3.05, 3.63) is 30.1 Å². The summed E-state index contributed by atoms with van der Waals surface area (Å²) in [6.07, 6.45) is 1.71. The number of hydrogen-bond donors (Lipinski definition) is 1. The van der Waals surface area contributed by atoms with E-state index < -0.39 is 0 Å². The van der Waals surface area contributed by atoms with Gasteiger partial charge >= 0.3 is 0 Å². The van der Waals surface area contributed by atoms with E-state index in [2.05, 4.69) is 4.98 Å². The average molecular weight is 191 g/mol. The summed E-state index contributed by atoms with van der Waals surface area (Å²) >= 11 is 0. The monoisotopic (exact) mass is 191 g/mol. The molecular weight excluding hydrogens is 178 g/mol. The van der Waals surface area contributed by atoms with Crippen LogP contribution in [0.3, 0.4) is 0 Å². The molecule has 4 nitrogen and oxygen atoms in total. The van der Waals surface area contributed by atoms with Gasteiger partial charge in [0, 0.05) is 19.3 Å². The van der Waals surface area contributed by atoms with Crippen LogP contribution in [-0.4, -0.2) is 42.0 Å². The average Bonchev–Trinajstić information content (AvgIpc) is 2.30. The second-order valence-corrected chi connectivity index (χ2v) is 3.16. The van der Waals surface area contributed by atoms with E-state index in [4.69, 9.17) is 10.1 Å². The number of nitrogens with one attached hydrogen (secondary N) is 1. The molecule has 1 aliphatic rings. The minimum atomic E-state index is 0.494. The molecule has 0 bridgehead atoms. The van der Waals surface area contributed by atoms with E-state index in [1.165, 1.54) is 0 Å². The van der Waals surface area contributed by atoms with Crippen molar-refractivity contribution in [1.29, 1.82) is 5.41 Å². The Morgan fingerprint density at radius 2 is 2.14 bits per heavy atom. The lowest BCUT2D eigenvalue weighted by molar-refractivity contribution is 0.0679. The van der Waals surface area contributed by atoms with Gasteiger partial charge in [-0.2, -0.15) is 0 Å². The van der Waals surface area contributed by atoms with Crippen molar-refractivity contribution in [2.75, 3.05) is 26.3 Å². The van der Waals surface area contributed by atoms with Crippen molar-refractivity contribution in [3.63, 3.8) is 0 Å². The number of aromatic nitrogens is 1. The number of hydrogen-bond acceptors (Lipinski definition) is 3. The Morgan fingerprint density at radius 1 is 1.36 bits per heavy atom. The maximum absolute atomic E-state index is 7.93. The highest BCUT2D eigenvalue weighted by atomic mass is 16.5. The minimum absolute atomic E-state index is 0.494. The fraction of sp³-hybridized carbons (Fsp3) is 0.400. The third-order valence-electron chi connectivity index (χ3n) is 2.23. The predicted octanol–water partition coefficient (Wildman–Crippen LogP) is 0.739. The first-order valence-electron chi connectivity index (χ1n) is 4.70. The Bertz CT molecular complexity index is 306. The molecule has 0 aliphatic carbocycles. The van der Waals surface area contributed by atoms with Crippen LogP contribution in [0, 0.1) is 5.41 Å². The quantitative estimate of drug-likeness (QED) is 0.526. The van der Waals surface area contributed by atoms with Gasteiger partial charge in [0.15, 0.2) is 0 Å². The summed E-state index contributed by atoms with van der Waals surface area (Å²) in [5.41, 5.74) is 0.731. The first kappa shape index (κ1) is 9.15. The molecule has 74 valence electrons. The van der Waals surface area contributed by atoms with Crippen LogP contribution in [0.1, 0.15) is 5.69 Å². The van der Waals surface area contributed by atoms with Crippen molar-refractivity contribution in [3.8, 4) is 0 Å². The molecule has 14 heavy (non-hydrogen) atoms. The van der Waals surface area contributed by atoms with Gasteiger partial charge in [-0.1, -0.05) is 6.07 Å². The van der Waals surface area contributed by atoms with Crippen LogP contribution >= 0.6 is 0 Å². The van der Waals surface area contributed by atoms with Crippen molar-refractivity contribution in [2.45, 2.75) is 0 Å². The summed E-state index contributed by atoms with van der Waals surface area (Å²) in [5, 5.41) is 7.93. The molecule has 1 fully saturated rings. The number of amidine groups is 1. The summed E-state index contributed by atoms with van der Waals surface area (Å²) in [6.45, 7) is 2.98. The highest BCUT2D eigenvalue weighted by Gasteiger charge is 2.15. The minimum Gasteiger partial charge on any atom is -0.378 e. The Labute approximate surface area is 83.0 Å². The zero-order valence-electron chi connectivity index (χ0n) is 7.94. The maximum Gasteiger partial charge on any atom is 0.147 e. The lowest BCUT2D eigenvalue weighted by Crippen LogP contribution is -2.41. The molecule has 0 saturated carbocycles. The zero-order chi connectivity index (χ0) is 9.80. The van der Waals surface area contributed by atoms with E-state index in [-0.39, 0.29) is 0 Å². The van der Waals surface area contributed by atoms with Gasteiger partial charge in [0.25, 0.3) is 0 Å². The first-order valence-corrected chi connectivity index (χ1v) is 4.70. The van der Waals surface area contributed by atoms with Crippen LogP contribution in [0.15, 0.2) is 24.4 Å². The van der Waals surface area contributed by atoms with Gasteiger partial charge in [-0.15, -0.1) is 0 Å². The van der Waals surface area contributed by atoms with Gasteiger partial charge in [0.1, 0.15) is 11.5 Å². The van der Waals surface area contributed by atoms with Gasteiger partial charge in [0.2, 0.25) is 0 Å². The van der Waals surface area contributed by atoms with E-state index >= 15 is 0 Å². The summed E-state index contributed by atoms with van der Waals surface area (Å²) in [5.74, 6) is 0.494. The largest absolute Gasteiger partial charge is 0.378 e. The third kappa shape index (κ3) is 1.90. The van der Waals surface area contributed by atoms with Crippen LogP contribution in [0.5, 0.6) is 0 Å². The van der Waals surface area contributed by atoms with Gasteiger partial charge in [-0.3, -0.25) is 10.4 Å². The van der Waals surface area contributed by atoms with Crippen LogP contribution in [0.4, 0.5) is 0 Å². The van der Waals surface area contributed by atoms with Crippen LogP contribution in [0.25, 0.3) is 0 Å². The first-order chi connectivity index (χ1) is 6.88. The number of pyridine rings is 1. The standard InChI is InChI=1S/C10H13N3O/c11-10(9-3-1-2-4-12-9)13-5-7-14-8-6-13/h1-4,11H,5-8H2. The van der Waals surface area contributed by atoms with Gasteiger partial charge in [-0.05, 0) is 12.1 Å². The van der Waals surface area contributed by atoms with E-state index in [0.717, 1.165) is 18.8 Å². The molecule has 1 aromatic rings. The lowest BCUT2D eigenvalue weighted by atomic mass is 10.3. The summed E-state index contributed by atoms with van der Waals surface area (Å²) in [6, 6.07) is 5.62. The number of nitrogens with zero attached hydrogens (tertiary/aromatic N) is 2. The zero-order valence-corrected chi connectivity index (χ0v) is 7.94. The smallest absolute Gasteiger partial charge is 0.147 e. The van der Waals surface area contributed by atoms with Crippen molar-refractivity contribution in [1.82, 2.24) is 9.88 Å². The van der Waals surface area contributed by atoms with Crippen LogP contribution in [-0.2, 0) is 4.74 Å². The number of ether oxygens (including phenoxy) is 1. The predicted molar refractivity (Wildman–Crippen MR) is 53.5 cm³/mol. The maximum atomic E-state index is 7.93. The summed E-state index contributed by atoms with van der Waals surface area (Å²) in [4.78, 5) is 6.14. The molecule has 0 radical (unpaired) electrons. The fourth-order valence-corrected chi connectivity index (χ4v) is 1.45. The Kier molecular flexibility index (Phi) is 2.74. The molecule has 1 saturated heterocycles. The highest BCUT2D eigenvalue weighted by Crippen LogP contribution is 2.03. The van der Waals surface area contributed by atoms with Gasteiger partial charge < -0.3 is 9.64 Å². The van der Waals surface area contributed by atoms with E-state index in [1.54, 1.807) is 6.20 Å². The molecule has 0 atom stereocenters. The molecule has 4 heteroatoms. The Balaban J connectivity index is 2.07. The molecule has 0 aromatic carbocycles. The SMILES string of the molecule is N=C(c1ccccn1)N1CCOCC1. The van der Waals surface area contributed by atoms with Crippen molar-refractivity contribution < 1.29 is 4.74 Å². The molecule has 0 amide bonds. The number of morpholine rings is 1. The molecule has 1 aliphatic heterocycles. The van der Waals surface area contributed by atoms with E-state index in [0.29, 0.717) is 19.0 Å². The fourth-order valence-electron chi connectivity index (χ4n) is 1.45. The van der Waals surface area contributed by atoms with E-state index in [1.807, 2.05) is 23.1 Å². The van der Waals surface area contributed by atoms with Crippen LogP contribution < -0.4 is 0 Å². The van der Waals surface area contributed by atoms with Crippen LogP contribution in [0.2, 0.25) is 0 Å². The molecular formula is C10H13N3O. The highest BCUT2D eigenvalue weighted by molar-refractivity contribution is 5.94. The summed E-state index contributed by atoms with van der Waals surface area (Å²) < 4.78 is 5.23. The van der Waals surface area contributed by atoms with Crippen molar-refractivity contribution >= 4 is 5.84 Å². The molecule has 2 heterocycles. The molecule has 0 spiro atoms. The van der Waals surface area contributed by atoms with E-state index in [9.17, 15) is 0 Å². The van der Waals surface area contributed by atoms with Gasteiger partial charge in [0.05, 0.1) is 13.2 Å². The molecule has 1 N–H and O–H groups in total. The summed E-state index contributed by atoms with van der Waals surface area (Å²) in [7, 11) is 0. The topological polar surface area (TPSA) is 49.2 Å². The Morgan fingerprint density at radius 3 is 2.79 bits per heavy atom. The molecule has 1 aromatic heterocycles. The van der Waals surface area contributed by atoms with Gasteiger partial charge in [-0.25, -0.2) is 0 Å². The Hall–Kier alpha value is -1.42. The number of rotatable bonds is 1. The molecule has 0 unspecified atom stereocenters. The second-order valence-electron chi connectivity index (χ2n) is 3.16. The second kappa shape index (κ2) is 4.19. The normalized spacial score (nSPS) is 16.7. The third-order valence-corrected chi connectivity index (χ3v) is 2.23. The lowest BCUT2D eigenvalue weighted by Gasteiger charge is -2.28. The van der Waals surface area contributed by atoms with Crippen molar-refractivity contribution in [2.24, 2.45) is 0 Å².